The van der Waals surface area contributed by atoms with E-state index in [1.807, 2.05) is 36.4 Å². The number of hydrogen-bond acceptors (Lipinski definition) is 8. The average Bonchev–Trinajstić information content (AvgIpc) is 2.98. The maximum atomic E-state index is 9.49. The number of hydrogen-bond donors (Lipinski definition) is 6. The van der Waals surface area contributed by atoms with Gasteiger partial charge in [-0.1, -0.05) is 106 Å². The topological polar surface area (TPSA) is 154 Å². The molecule has 10 nitrogen and oxygen atoms in total. The van der Waals surface area contributed by atoms with Crippen LogP contribution in [0.15, 0.2) is 130 Å². The van der Waals surface area contributed by atoms with Crippen molar-refractivity contribution in [2.75, 3.05) is 10.6 Å². The molecule has 6 N–H and O–H groups in total. The van der Waals surface area contributed by atoms with E-state index in [4.69, 9.17) is 0 Å². The maximum absolute atomic E-state index is 9.49. The smallest absolute Gasteiger partial charge is 0.199 e. The van der Waals surface area contributed by atoms with Gasteiger partial charge in [0.15, 0.2) is 23.1 Å². The van der Waals surface area contributed by atoms with Crippen LogP contribution in [0.4, 0.5) is 11.4 Å². The number of nitrogens with one attached hydrogen (secondary N) is 2. The van der Waals surface area contributed by atoms with E-state index in [9.17, 15) is 20.8 Å². The summed E-state index contributed by atoms with van der Waals surface area (Å²) < 4.78 is 0. The van der Waals surface area contributed by atoms with Crippen molar-refractivity contribution in [2.24, 2.45) is 20.6 Å². The summed E-state index contributed by atoms with van der Waals surface area (Å²) in [6, 6.07) is 32.4. The molecule has 4 aromatic rings. The Morgan fingerprint density at radius 3 is 1.05 bits per heavy atom. The number of rotatable bonds is 7. The second-order valence-electron chi connectivity index (χ2n) is 7.93. The molecule has 38 heavy (non-hydrogen) atoms. The van der Waals surface area contributed by atoms with E-state index < -0.39 is 0 Å². The number of anilines is 2. The van der Waals surface area contributed by atoms with Crippen molar-refractivity contribution < 1.29 is 20.8 Å². The van der Waals surface area contributed by atoms with Gasteiger partial charge < -0.3 is 31.5 Å². The van der Waals surface area contributed by atoms with E-state index in [1.54, 1.807) is 72.8 Å². The molecule has 0 amide bonds. The molecule has 0 saturated heterocycles. The first-order chi connectivity index (χ1) is 18.7. The Labute approximate surface area is 218 Å². The largest absolute Gasteiger partial charge is 0.410 e. The van der Waals surface area contributed by atoms with Gasteiger partial charge >= 0.3 is 0 Å². The molecule has 0 spiro atoms. The van der Waals surface area contributed by atoms with E-state index in [1.165, 1.54) is 0 Å². The zero-order valence-corrected chi connectivity index (χ0v) is 20.0. The van der Waals surface area contributed by atoms with Crippen molar-refractivity contribution in [3.63, 3.8) is 0 Å². The summed E-state index contributed by atoms with van der Waals surface area (Å²) in [6.45, 7) is 0. The van der Waals surface area contributed by atoms with E-state index >= 15 is 0 Å². The predicted octanol–water partition coefficient (Wildman–Crippen LogP) is 5.51. The van der Waals surface area contributed by atoms with E-state index in [0.717, 1.165) is 11.1 Å². The second-order valence-corrected chi connectivity index (χ2v) is 7.93. The van der Waals surface area contributed by atoms with Crippen LogP contribution < -0.4 is 10.6 Å². The number of benzene rings is 4. The van der Waals surface area contributed by atoms with Gasteiger partial charge in [0, 0.05) is 22.5 Å². The Morgan fingerprint density at radius 1 is 0.421 bits per heavy atom. The van der Waals surface area contributed by atoms with Gasteiger partial charge in [-0.3, -0.25) is 0 Å². The molecule has 0 aliphatic rings. The molecule has 0 aliphatic heterocycles. The molecule has 4 rings (SSSR count). The predicted molar refractivity (Wildman–Crippen MR) is 147 cm³/mol. The summed E-state index contributed by atoms with van der Waals surface area (Å²) in [5.74, 6) is -0.0194. The van der Waals surface area contributed by atoms with Crippen LogP contribution in [0.1, 0.15) is 11.1 Å². The zero-order chi connectivity index (χ0) is 26.7. The summed E-state index contributed by atoms with van der Waals surface area (Å²) in [5, 5.41) is 56.8. The molecule has 0 atom stereocenters. The molecule has 10 heteroatoms. The maximum Gasteiger partial charge on any atom is 0.199 e. The minimum atomic E-state index is -0.00970. The van der Waals surface area contributed by atoms with Gasteiger partial charge in [0.05, 0.1) is 0 Å². The highest BCUT2D eigenvalue weighted by molar-refractivity contribution is 6.51. The van der Waals surface area contributed by atoms with Gasteiger partial charge in [-0.2, -0.15) is 0 Å². The first kappa shape index (κ1) is 25.5. The lowest BCUT2D eigenvalue weighted by Crippen LogP contribution is -2.24. The number of amidine groups is 2. The average molecular weight is 509 g/mol. The Balaban J connectivity index is 1.45. The van der Waals surface area contributed by atoms with Crippen molar-refractivity contribution in [3.8, 4) is 11.1 Å². The molecule has 0 aliphatic carbocycles. The fraction of sp³-hybridized carbons (Fsp3) is 0. The Morgan fingerprint density at radius 2 is 0.763 bits per heavy atom. The molecule has 0 heterocycles. The van der Waals surface area contributed by atoms with Crippen molar-refractivity contribution in [1.82, 2.24) is 0 Å². The van der Waals surface area contributed by atoms with Crippen LogP contribution in [0, 0.1) is 0 Å². The Hall–Kier alpha value is -5.64. The fourth-order valence-electron chi connectivity index (χ4n) is 3.70. The zero-order valence-electron chi connectivity index (χ0n) is 20.0. The van der Waals surface area contributed by atoms with E-state index in [2.05, 4.69) is 31.3 Å². The highest BCUT2D eigenvalue weighted by Gasteiger charge is 2.15. The van der Waals surface area contributed by atoms with Crippen LogP contribution in [0.2, 0.25) is 0 Å². The van der Waals surface area contributed by atoms with E-state index in [-0.39, 0.29) is 23.1 Å². The minimum absolute atomic E-state index is 0.00970. The van der Waals surface area contributed by atoms with Gasteiger partial charge in [-0.15, -0.1) is 0 Å². The van der Waals surface area contributed by atoms with Crippen molar-refractivity contribution in [2.45, 2.75) is 0 Å². The molecule has 0 radical (unpaired) electrons. The van der Waals surface area contributed by atoms with Crippen LogP contribution in [-0.4, -0.2) is 43.9 Å². The molecule has 0 fully saturated rings. The molecular formula is C28H24N6O4. The lowest BCUT2D eigenvalue weighted by atomic mass is 10.0. The number of nitrogens with zero attached hydrogens (tertiary/aromatic N) is 4. The third-order valence-corrected chi connectivity index (χ3v) is 5.57. The Bertz CT molecular complexity index is 1350. The fourth-order valence-corrected chi connectivity index (χ4v) is 3.70. The van der Waals surface area contributed by atoms with Crippen LogP contribution in [0.25, 0.3) is 11.1 Å². The van der Waals surface area contributed by atoms with Gasteiger partial charge in [0.25, 0.3) is 0 Å². The van der Waals surface area contributed by atoms with E-state index in [0.29, 0.717) is 22.5 Å². The molecular weight excluding hydrogens is 484 g/mol. The summed E-state index contributed by atoms with van der Waals surface area (Å²) in [7, 11) is 0. The third kappa shape index (κ3) is 5.94. The lowest BCUT2D eigenvalue weighted by Gasteiger charge is -2.12. The lowest BCUT2D eigenvalue weighted by molar-refractivity contribution is 0.314. The molecule has 4 aromatic carbocycles. The SMILES string of the molecule is O/N=C(\C(=N/O)Nc1ccc(-c2ccc(NC(=N/O)/C(=N/O)c3ccccc3)cc2)cc1)c1ccccc1. The minimum Gasteiger partial charge on any atom is -0.410 e. The Kier molecular flexibility index (Phi) is 8.28. The van der Waals surface area contributed by atoms with Gasteiger partial charge in [-0.25, -0.2) is 0 Å². The molecule has 0 unspecified atom stereocenters. The van der Waals surface area contributed by atoms with Crippen molar-refractivity contribution in [3.05, 3.63) is 120 Å². The summed E-state index contributed by atoms with van der Waals surface area (Å²) in [5.41, 5.74) is 4.42. The normalized spacial score (nSPS) is 12.7. The van der Waals surface area contributed by atoms with Gasteiger partial charge in [-0.05, 0) is 35.4 Å². The van der Waals surface area contributed by atoms with Gasteiger partial charge in [0.1, 0.15) is 0 Å². The molecule has 0 bridgehead atoms. The molecule has 190 valence electrons. The van der Waals surface area contributed by atoms with Crippen molar-refractivity contribution >= 4 is 34.5 Å². The number of oxime groups is 4. The highest BCUT2D eigenvalue weighted by Crippen LogP contribution is 2.24. The summed E-state index contributed by atoms with van der Waals surface area (Å²) in [4.78, 5) is 0. The first-order valence-corrected chi connectivity index (χ1v) is 11.4. The summed E-state index contributed by atoms with van der Waals surface area (Å²) in [6.07, 6.45) is 0. The quantitative estimate of drug-likeness (QED) is 0.0837. The van der Waals surface area contributed by atoms with Crippen LogP contribution >= 0.6 is 0 Å². The first-order valence-electron chi connectivity index (χ1n) is 11.4. The van der Waals surface area contributed by atoms with Crippen LogP contribution in [-0.2, 0) is 0 Å². The second kappa shape index (κ2) is 12.4. The third-order valence-electron chi connectivity index (χ3n) is 5.57. The molecule has 0 saturated carbocycles. The van der Waals surface area contributed by atoms with Crippen molar-refractivity contribution in [1.29, 1.82) is 0 Å². The highest BCUT2D eigenvalue weighted by atomic mass is 16.4. The standard InChI is InChI=1S/C28H24N6O4/c35-31-25(21-7-3-1-4-8-21)27(33-37)29-23-15-11-19(12-16-23)20-13-17-24(18-14-20)30-28(34-38)26(32-36)22-9-5-2-6-10-22/h1-18,35-38H,(H,29,33)(H,30,34)/b31-25-,32-26+. The summed E-state index contributed by atoms with van der Waals surface area (Å²) >= 11 is 0. The van der Waals surface area contributed by atoms with Crippen LogP contribution in [0.5, 0.6) is 0 Å². The van der Waals surface area contributed by atoms with Gasteiger partial charge in [0.2, 0.25) is 0 Å². The monoisotopic (exact) mass is 508 g/mol. The van der Waals surface area contributed by atoms with Crippen LogP contribution in [0.3, 0.4) is 0 Å². The molecule has 0 aromatic heterocycles.